The predicted octanol–water partition coefficient (Wildman–Crippen LogP) is 3.87. The Morgan fingerprint density at radius 3 is 2.45 bits per heavy atom. The van der Waals surface area contributed by atoms with Crippen molar-refractivity contribution < 1.29 is 27.4 Å². The summed E-state index contributed by atoms with van der Waals surface area (Å²) in [6, 6.07) is 11.7. The number of aromatic nitrogens is 3. The van der Waals surface area contributed by atoms with Crippen molar-refractivity contribution in [1.82, 2.24) is 20.3 Å². The number of ether oxygens (including phenoxy) is 2. The van der Waals surface area contributed by atoms with E-state index in [1.54, 1.807) is 30.5 Å². The van der Waals surface area contributed by atoms with E-state index in [-0.39, 0.29) is 12.5 Å². The van der Waals surface area contributed by atoms with Crippen LogP contribution < -0.4 is 10.1 Å². The molecule has 4 rings (SSSR count). The summed E-state index contributed by atoms with van der Waals surface area (Å²) in [6.45, 7) is 2.02. The first-order valence-corrected chi connectivity index (χ1v) is 10.6. The number of amides is 1. The van der Waals surface area contributed by atoms with Gasteiger partial charge < -0.3 is 14.8 Å². The molecule has 33 heavy (non-hydrogen) atoms. The van der Waals surface area contributed by atoms with Crippen LogP contribution in [0.5, 0.6) is 5.75 Å². The lowest BCUT2D eigenvalue weighted by atomic mass is 10.0. The van der Waals surface area contributed by atoms with E-state index in [4.69, 9.17) is 9.47 Å². The summed E-state index contributed by atoms with van der Waals surface area (Å²) in [6.07, 6.45) is -0.857. The zero-order chi connectivity index (χ0) is 23.3. The average molecular weight is 460 g/mol. The fraction of sp³-hybridized carbons (Fsp3) is 0.348. The number of carbonyl (C=O) groups is 1. The number of carbonyl (C=O) groups excluding carboxylic acids is 1. The summed E-state index contributed by atoms with van der Waals surface area (Å²) >= 11 is 0. The highest BCUT2D eigenvalue weighted by Gasteiger charge is 2.30. The number of benzene rings is 2. The molecule has 2 aromatic carbocycles. The molecule has 0 radical (unpaired) electrons. The van der Waals surface area contributed by atoms with Gasteiger partial charge in [-0.15, -0.1) is 5.10 Å². The first kappa shape index (κ1) is 22.8. The van der Waals surface area contributed by atoms with Crippen LogP contribution in [-0.4, -0.2) is 47.3 Å². The fourth-order valence-electron chi connectivity index (χ4n) is 3.46. The van der Waals surface area contributed by atoms with Gasteiger partial charge in [0, 0.05) is 25.3 Å². The highest BCUT2D eigenvalue weighted by Crippen LogP contribution is 2.30. The molecular formula is C23H23F3N4O3. The molecule has 1 amide bonds. The zero-order valence-electron chi connectivity index (χ0n) is 17.7. The summed E-state index contributed by atoms with van der Waals surface area (Å²) in [5.74, 6) is 0.795. The second kappa shape index (κ2) is 10.0. The van der Waals surface area contributed by atoms with E-state index in [2.05, 4.69) is 15.6 Å². The molecule has 1 saturated heterocycles. The van der Waals surface area contributed by atoms with E-state index in [9.17, 15) is 18.0 Å². The van der Waals surface area contributed by atoms with Crippen LogP contribution in [0.15, 0.2) is 54.7 Å². The standard InChI is InChI=1S/C23H23F3N4O3/c24-23(25,26)18-3-1-17(2-4-18)21-14-30(29-28-21)19-5-7-20(8-6-19)33-15-22(31)27-13-16-9-11-32-12-10-16/h1-8,14,16H,9-13,15H2,(H,27,31). The minimum absolute atomic E-state index is 0.0794. The number of nitrogens with zero attached hydrogens (tertiary/aromatic N) is 3. The number of rotatable bonds is 7. The van der Waals surface area contributed by atoms with Crippen molar-refractivity contribution in [2.75, 3.05) is 26.4 Å². The molecule has 0 unspecified atom stereocenters. The number of alkyl halides is 3. The number of hydrogen-bond acceptors (Lipinski definition) is 5. The van der Waals surface area contributed by atoms with Crippen LogP contribution in [0.4, 0.5) is 13.2 Å². The van der Waals surface area contributed by atoms with E-state index in [0.717, 1.165) is 38.2 Å². The van der Waals surface area contributed by atoms with Gasteiger partial charge in [0.05, 0.1) is 17.4 Å². The minimum Gasteiger partial charge on any atom is -0.484 e. The zero-order valence-corrected chi connectivity index (χ0v) is 17.7. The SMILES string of the molecule is O=C(COc1ccc(-n2cc(-c3ccc(C(F)(F)F)cc3)nn2)cc1)NCC1CCOCC1. The average Bonchev–Trinajstić information content (AvgIpc) is 3.32. The van der Waals surface area contributed by atoms with Crippen LogP contribution in [0, 0.1) is 5.92 Å². The quantitative estimate of drug-likeness (QED) is 0.579. The van der Waals surface area contributed by atoms with Crippen LogP contribution in [0.1, 0.15) is 18.4 Å². The Bertz CT molecular complexity index is 1060. The molecule has 0 bridgehead atoms. The van der Waals surface area contributed by atoms with Gasteiger partial charge in [-0.25, -0.2) is 4.68 Å². The molecule has 1 aliphatic heterocycles. The molecule has 0 spiro atoms. The van der Waals surface area contributed by atoms with Gasteiger partial charge in [-0.2, -0.15) is 13.2 Å². The third kappa shape index (κ3) is 6.10. The third-order valence-corrected chi connectivity index (χ3v) is 5.40. The van der Waals surface area contributed by atoms with Gasteiger partial charge in [-0.1, -0.05) is 17.3 Å². The van der Waals surface area contributed by atoms with Crippen molar-refractivity contribution in [3.05, 3.63) is 60.3 Å². The Hall–Kier alpha value is -3.40. The molecular weight excluding hydrogens is 437 g/mol. The molecule has 1 fully saturated rings. The van der Waals surface area contributed by atoms with Gasteiger partial charge in [0.25, 0.3) is 5.91 Å². The Morgan fingerprint density at radius 1 is 1.09 bits per heavy atom. The molecule has 10 heteroatoms. The molecule has 7 nitrogen and oxygen atoms in total. The first-order valence-electron chi connectivity index (χ1n) is 10.6. The van der Waals surface area contributed by atoms with Crippen LogP contribution in [0.3, 0.4) is 0 Å². The number of nitrogens with one attached hydrogen (secondary N) is 1. The summed E-state index contributed by atoms with van der Waals surface area (Å²) in [5, 5.41) is 11.0. The van der Waals surface area contributed by atoms with Crippen molar-refractivity contribution in [1.29, 1.82) is 0 Å². The number of halogens is 3. The minimum atomic E-state index is -4.38. The molecule has 1 N–H and O–H groups in total. The second-order valence-corrected chi connectivity index (χ2v) is 7.77. The van der Waals surface area contributed by atoms with E-state index >= 15 is 0 Å². The normalized spacial score (nSPS) is 14.8. The molecule has 174 valence electrons. The van der Waals surface area contributed by atoms with Crippen molar-refractivity contribution in [2.24, 2.45) is 5.92 Å². The largest absolute Gasteiger partial charge is 0.484 e. The molecule has 3 aromatic rings. The predicted molar refractivity (Wildman–Crippen MR) is 114 cm³/mol. The van der Waals surface area contributed by atoms with Crippen molar-refractivity contribution in [3.8, 4) is 22.7 Å². The third-order valence-electron chi connectivity index (χ3n) is 5.40. The maximum absolute atomic E-state index is 12.7. The Labute approximate surface area is 188 Å². The Morgan fingerprint density at radius 2 is 1.79 bits per heavy atom. The van der Waals surface area contributed by atoms with Crippen LogP contribution in [-0.2, 0) is 15.7 Å². The lowest BCUT2D eigenvalue weighted by molar-refractivity contribution is -0.137. The topological polar surface area (TPSA) is 78.3 Å². The van der Waals surface area contributed by atoms with Crippen LogP contribution in [0.25, 0.3) is 16.9 Å². The molecule has 1 aliphatic rings. The van der Waals surface area contributed by atoms with E-state index in [1.165, 1.54) is 16.8 Å². The van der Waals surface area contributed by atoms with Crippen LogP contribution in [0.2, 0.25) is 0 Å². The molecule has 0 aliphatic carbocycles. The van der Waals surface area contributed by atoms with Crippen molar-refractivity contribution in [3.63, 3.8) is 0 Å². The highest BCUT2D eigenvalue weighted by atomic mass is 19.4. The van der Waals surface area contributed by atoms with E-state index in [1.807, 2.05) is 0 Å². The van der Waals surface area contributed by atoms with E-state index in [0.29, 0.717) is 35.2 Å². The van der Waals surface area contributed by atoms with Gasteiger partial charge in [-0.3, -0.25) is 4.79 Å². The molecule has 0 atom stereocenters. The van der Waals surface area contributed by atoms with Gasteiger partial charge in [0.1, 0.15) is 11.4 Å². The van der Waals surface area contributed by atoms with Gasteiger partial charge in [0.15, 0.2) is 6.61 Å². The lowest BCUT2D eigenvalue weighted by Gasteiger charge is -2.22. The lowest BCUT2D eigenvalue weighted by Crippen LogP contribution is -2.35. The molecule has 1 aromatic heterocycles. The van der Waals surface area contributed by atoms with Gasteiger partial charge >= 0.3 is 6.18 Å². The first-order chi connectivity index (χ1) is 15.9. The molecule has 2 heterocycles. The summed E-state index contributed by atoms with van der Waals surface area (Å²) < 4.78 is 50.5. The monoisotopic (exact) mass is 460 g/mol. The summed E-state index contributed by atoms with van der Waals surface area (Å²) in [4.78, 5) is 12.0. The van der Waals surface area contributed by atoms with Crippen molar-refractivity contribution in [2.45, 2.75) is 19.0 Å². The fourth-order valence-corrected chi connectivity index (χ4v) is 3.46. The maximum atomic E-state index is 12.7. The van der Waals surface area contributed by atoms with Crippen LogP contribution >= 0.6 is 0 Å². The second-order valence-electron chi connectivity index (χ2n) is 7.77. The van der Waals surface area contributed by atoms with Gasteiger partial charge in [-0.05, 0) is 55.2 Å². The van der Waals surface area contributed by atoms with Crippen molar-refractivity contribution >= 4 is 5.91 Å². The summed E-state index contributed by atoms with van der Waals surface area (Å²) in [5.41, 5.74) is 0.953. The smallest absolute Gasteiger partial charge is 0.416 e. The maximum Gasteiger partial charge on any atom is 0.416 e. The summed E-state index contributed by atoms with van der Waals surface area (Å²) in [7, 11) is 0. The van der Waals surface area contributed by atoms with E-state index < -0.39 is 11.7 Å². The molecule has 0 saturated carbocycles. The Balaban J connectivity index is 1.30. The number of hydrogen-bond donors (Lipinski definition) is 1. The highest BCUT2D eigenvalue weighted by molar-refractivity contribution is 5.77. The Kier molecular flexibility index (Phi) is 6.93. The van der Waals surface area contributed by atoms with Gasteiger partial charge in [0.2, 0.25) is 0 Å².